The normalized spacial score (nSPS) is 11.1. The van der Waals surface area contributed by atoms with Crippen molar-refractivity contribution in [3.63, 3.8) is 0 Å². The smallest absolute Gasteiger partial charge is 0.315 e. The van der Waals surface area contributed by atoms with Crippen molar-refractivity contribution in [3.8, 4) is 0 Å². The van der Waals surface area contributed by atoms with E-state index in [1.165, 1.54) is 0 Å². The van der Waals surface area contributed by atoms with Crippen LogP contribution in [0.25, 0.3) is 0 Å². The summed E-state index contributed by atoms with van der Waals surface area (Å²) >= 11 is 0. The number of amides is 2. The summed E-state index contributed by atoms with van der Waals surface area (Å²) < 4.78 is 0. The Balaban J connectivity index is 4.06. The minimum atomic E-state index is -0.867. The van der Waals surface area contributed by atoms with E-state index in [2.05, 4.69) is 10.6 Å². The SMILES string of the molecule is CCC(CC)(CCO)NC(=O)NCCCC(=O)O. The van der Waals surface area contributed by atoms with Gasteiger partial charge in [-0.3, -0.25) is 4.79 Å². The van der Waals surface area contributed by atoms with E-state index in [-0.39, 0.29) is 24.6 Å². The molecule has 0 fully saturated rings. The molecular formula is C12H24N2O4. The highest BCUT2D eigenvalue weighted by Gasteiger charge is 2.27. The molecule has 106 valence electrons. The third kappa shape index (κ3) is 6.44. The number of aliphatic carboxylic acids is 1. The van der Waals surface area contributed by atoms with E-state index in [0.29, 0.717) is 19.4 Å². The van der Waals surface area contributed by atoms with Crippen molar-refractivity contribution < 1.29 is 19.8 Å². The summed E-state index contributed by atoms with van der Waals surface area (Å²) in [6.07, 6.45) is 2.46. The molecule has 2 amide bonds. The number of hydrogen-bond donors (Lipinski definition) is 4. The Hall–Kier alpha value is -1.30. The second-order valence-electron chi connectivity index (χ2n) is 4.34. The molecule has 0 aromatic rings. The van der Waals surface area contributed by atoms with E-state index in [1.54, 1.807) is 0 Å². The third-order valence-electron chi connectivity index (χ3n) is 3.18. The van der Waals surface area contributed by atoms with Crippen molar-refractivity contribution in [1.29, 1.82) is 0 Å². The molecule has 0 aromatic carbocycles. The molecule has 0 aliphatic heterocycles. The molecule has 0 rings (SSSR count). The van der Waals surface area contributed by atoms with Crippen LogP contribution in [-0.2, 0) is 4.79 Å². The van der Waals surface area contributed by atoms with Gasteiger partial charge in [-0.1, -0.05) is 13.8 Å². The summed E-state index contributed by atoms with van der Waals surface area (Å²) in [5.41, 5.74) is -0.383. The number of carbonyl (C=O) groups excluding carboxylic acids is 1. The molecule has 0 aliphatic carbocycles. The zero-order chi connectivity index (χ0) is 14.0. The lowest BCUT2D eigenvalue weighted by Crippen LogP contribution is -2.52. The molecule has 6 nitrogen and oxygen atoms in total. The van der Waals surface area contributed by atoms with E-state index in [1.807, 2.05) is 13.8 Å². The molecule has 0 saturated carbocycles. The van der Waals surface area contributed by atoms with Crippen LogP contribution in [-0.4, -0.2) is 40.9 Å². The van der Waals surface area contributed by atoms with Crippen LogP contribution in [0, 0.1) is 0 Å². The van der Waals surface area contributed by atoms with Gasteiger partial charge in [-0.2, -0.15) is 0 Å². The highest BCUT2D eigenvalue weighted by molar-refractivity contribution is 5.74. The van der Waals surface area contributed by atoms with Gasteiger partial charge in [0.15, 0.2) is 0 Å². The van der Waals surface area contributed by atoms with Gasteiger partial charge in [-0.05, 0) is 25.7 Å². The van der Waals surface area contributed by atoms with E-state index in [9.17, 15) is 9.59 Å². The minimum Gasteiger partial charge on any atom is -0.481 e. The molecule has 0 spiro atoms. The van der Waals surface area contributed by atoms with Crippen molar-refractivity contribution in [2.75, 3.05) is 13.2 Å². The number of nitrogens with one attached hydrogen (secondary N) is 2. The largest absolute Gasteiger partial charge is 0.481 e. The zero-order valence-electron chi connectivity index (χ0n) is 11.2. The van der Waals surface area contributed by atoms with Gasteiger partial charge in [-0.15, -0.1) is 0 Å². The fraction of sp³-hybridized carbons (Fsp3) is 0.833. The topological polar surface area (TPSA) is 98.7 Å². The van der Waals surface area contributed by atoms with Crippen molar-refractivity contribution in [2.45, 2.75) is 51.5 Å². The molecule has 6 heteroatoms. The lowest BCUT2D eigenvalue weighted by molar-refractivity contribution is -0.137. The van der Waals surface area contributed by atoms with E-state index >= 15 is 0 Å². The first kappa shape index (κ1) is 16.7. The average Bonchev–Trinajstić information content (AvgIpc) is 2.34. The Bertz CT molecular complexity index is 265. The van der Waals surface area contributed by atoms with E-state index < -0.39 is 5.97 Å². The molecule has 0 atom stereocenters. The van der Waals surface area contributed by atoms with Crippen molar-refractivity contribution in [1.82, 2.24) is 10.6 Å². The first-order valence-corrected chi connectivity index (χ1v) is 6.38. The van der Waals surface area contributed by atoms with Crippen LogP contribution >= 0.6 is 0 Å². The Morgan fingerprint density at radius 1 is 1.22 bits per heavy atom. The zero-order valence-corrected chi connectivity index (χ0v) is 11.2. The Labute approximate surface area is 108 Å². The van der Waals surface area contributed by atoms with Gasteiger partial charge in [0.1, 0.15) is 0 Å². The number of carbonyl (C=O) groups is 2. The second-order valence-corrected chi connectivity index (χ2v) is 4.34. The van der Waals surface area contributed by atoms with Crippen LogP contribution < -0.4 is 10.6 Å². The minimum absolute atomic E-state index is 0.0287. The van der Waals surface area contributed by atoms with Crippen molar-refractivity contribution in [3.05, 3.63) is 0 Å². The van der Waals surface area contributed by atoms with Crippen LogP contribution in [0.3, 0.4) is 0 Å². The molecule has 0 bridgehead atoms. The van der Waals surface area contributed by atoms with E-state index in [0.717, 1.165) is 12.8 Å². The fourth-order valence-electron chi connectivity index (χ4n) is 1.78. The molecule has 4 N–H and O–H groups in total. The molecule has 0 radical (unpaired) electrons. The van der Waals surface area contributed by atoms with Gasteiger partial charge >= 0.3 is 12.0 Å². The van der Waals surface area contributed by atoms with Gasteiger partial charge in [0.05, 0.1) is 0 Å². The van der Waals surface area contributed by atoms with Crippen LogP contribution in [0.2, 0.25) is 0 Å². The first-order valence-electron chi connectivity index (χ1n) is 6.38. The summed E-state index contributed by atoms with van der Waals surface area (Å²) in [7, 11) is 0. The number of carboxylic acids is 1. The summed E-state index contributed by atoms with van der Waals surface area (Å²) in [5.74, 6) is -0.867. The number of rotatable bonds is 9. The van der Waals surface area contributed by atoms with Gasteiger partial charge in [0.25, 0.3) is 0 Å². The Kier molecular flexibility index (Phi) is 8.11. The Morgan fingerprint density at radius 3 is 2.28 bits per heavy atom. The fourth-order valence-corrected chi connectivity index (χ4v) is 1.78. The van der Waals surface area contributed by atoms with Crippen LogP contribution in [0.5, 0.6) is 0 Å². The molecule has 0 aliphatic rings. The van der Waals surface area contributed by atoms with Crippen molar-refractivity contribution in [2.24, 2.45) is 0 Å². The first-order chi connectivity index (χ1) is 8.49. The van der Waals surface area contributed by atoms with Gasteiger partial charge in [0, 0.05) is 25.1 Å². The van der Waals surface area contributed by atoms with Crippen LogP contribution in [0.1, 0.15) is 46.0 Å². The lowest BCUT2D eigenvalue weighted by atomic mass is 9.89. The second kappa shape index (κ2) is 8.74. The highest BCUT2D eigenvalue weighted by Crippen LogP contribution is 2.18. The average molecular weight is 260 g/mol. The number of aliphatic hydroxyl groups excluding tert-OH is 1. The maximum atomic E-state index is 11.6. The molecular weight excluding hydrogens is 236 g/mol. The predicted octanol–water partition coefficient (Wildman–Crippen LogP) is 1.09. The summed E-state index contributed by atoms with van der Waals surface area (Å²) in [6, 6.07) is -0.308. The number of aliphatic hydroxyl groups is 1. The third-order valence-corrected chi connectivity index (χ3v) is 3.18. The van der Waals surface area contributed by atoms with E-state index in [4.69, 9.17) is 10.2 Å². The lowest BCUT2D eigenvalue weighted by Gasteiger charge is -2.32. The summed E-state index contributed by atoms with van der Waals surface area (Å²) in [4.78, 5) is 21.9. The molecule has 18 heavy (non-hydrogen) atoms. The maximum Gasteiger partial charge on any atom is 0.315 e. The van der Waals surface area contributed by atoms with Gasteiger partial charge in [-0.25, -0.2) is 4.79 Å². The molecule has 0 unspecified atom stereocenters. The quantitative estimate of drug-likeness (QED) is 0.466. The van der Waals surface area contributed by atoms with Crippen LogP contribution in [0.4, 0.5) is 4.79 Å². The molecule has 0 saturated heterocycles. The van der Waals surface area contributed by atoms with Crippen LogP contribution in [0.15, 0.2) is 0 Å². The molecule has 0 aromatic heterocycles. The van der Waals surface area contributed by atoms with Crippen molar-refractivity contribution >= 4 is 12.0 Å². The highest BCUT2D eigenvalue weighted by atomic mass is 16.4. The van der Waals surface area contributed by atoms with Gasteiger partial charge in [0.2, 0.25) is 0 Å². The predicted molar refractivity (Wildman–Crippen MR) is 68.4 cm³/mol. The maximum absolute atomic E-state index is 11.6. The summed E-state index contributed by atoms with van der Waals surface area (Å²) in [6.45, 7) is 4.29. The number of carboxylic acid groups (broad SMARTS) is 1. The van der Waals surface area contributed by atoms with Gasteiger partial charge < -0.3 is 20.8 Å². The molecule has 0 heterocycles. The monoisotopic (exact) mass is 260 g/mol. The summed E-state index contributed by atoms with van der Waals surface area (Å²) in [5, 5.41) is 23.0. The Morgan fingerprint density at radius 2 is 1.83 bits per heavy atom. The standard InChI is InChI=1S/C12H24N2O4/c1-3-12(4-2,7-9-15)14-11(18)13-8-5-6-10(16)17/h15H,3-9H2,1-2H3,(H,16,17)(H2,13,14,18). The number of hydrogen-bond acceptors (Lipinski definition) is 3. The number of urea groups is 1.